The highest BCUT2D eigenvalue weighted by Gasteiger charge is 2.22. The molecule has 0 spiro atoms. The van der Waals surface area contributed by atoms with E-state index in [1.807, 2.05) is 12.1 Å². The SMILES string of the molecule is CCNC(=NCC(c1ccc(Cl)cc1)N1CCOCC1)NCCN(C)CCCOC. The lowest BCUT2D eigenvalue weighted by molar-refractivity contribution is 0.0179. The van der Waals surface area contributed by atoms with Crippen LogP contribution < -0.4 is 10.6 Å². The first-order valence-corrected chi connectivity index (χ1v) is 11.3. The Morgan fingerprint density at radius 1 is 1.23 bits per heavy atom. The van der Waals surface area contributed by atoms with Crippen molar-refractivity contribution in [2.24, 2.45) is 4.99 Å². The lowest BCUT2D eigenvalue weighted by Crippen LogP contribution is -2.43. The number of halogens is 1. The number of methoxy groups -OCH3 is 1. The van der Waals surface area contributed by atoms with E-state index >= 15 is 0 Å². The summed E-state index contributed by atoms with van der Waals surface area (Å²) >= 11 is 6.10. The van der Waals surface area contributed by atoms with Crippen LogP contribution in [0.4, 0.5) is 0 Å². The second kappa shape index (κ2) is 14.6. The van der Waals surface area contributed by atoms with Crippen molar-refractivity contribution in [2.75, 3.05) is 79.8 Å². The predicted molar refractivity (Wildman–Crippen MR) is 125 cm³/mol. The molecule has 0 bridgehead atoms. The maximum atomic E-state index is 6.10. The zero-order chi connectivity index (χ0) is 21.6. The van der Waals surface area contributed by atoms with Crippen molar-refractivity contribution in [3.05, 3.63) is 34.9 Å². The number of guanidine groups is 1. The molecule has 1 aliphatic heterocycles. The van der Waals surface area contributed by atoms with Crippen molar-refractivity contribution < 1.29 is 9.47 Å². The van der Waals surface area contributed by atoms with E-state index in [9.17, 15) is 0 Å². The van der Waals surface area contributed by atoms with E-state index in [-0.39, 0.29) is 6.04 Å². The van der Waals surface area contributed by atoms with Crippen molar-refractivity contribution in [3.8, 4) is 0 Å². The van der Waals surface area contributed by atoms with Crippen LogP contribution in [0.15, 0.2) is 29.3 Å². The third-order valence-electron chi connectivity index (χ3n) is 5.18. The fraction of sp³-hybridized carbons (Fsp3) is 0.682. The monoisotopic (exact) mass is 439 g/mol. The normalized spacial score (nSPS) is 16.6. The molecule has 0 aromatic heterocycles. The van der Waals surface area contributed by atoms with Crippen molar-refractivity contribution in [1.82, 2.24) is 20.4 Å². The van der Waals surface area contributed by atoms with Gasteiger partial charge in [0.25, 0.3) is 0 Å². The first kappa shape index (κ1) is 24.9. The van der Waals surface area contributed by atoms with Crippen molar-refractivity contribution in [1.29, 1.82) is 0 Å². The Kier molecular flexibility index (Phi) is 12.1. The second-order valence-corrected chi connectivity index (χ2v) is 7.95. The van der Waals surface area contributed by atoms with Crippen LogP contribution in [0.25, 0.3) is 0 Å². The van der Waals surface area contributed by atoms with E-state index in [1.54, 1.807) is 7.11 Å². The fourth-order valence-corrected chi connectivity index (χ4v) is 3.61. The minimum atomic E-state index is 0.207. The summed E-state index contributed by atoms with van der Waals surface area (Å²) in [7, 11) is 3.88. The van der Waals surface area contributed by atoms with Gasteiger partial charge < -0.3 is 25.0 Å². The van der Waals surface area contributed by atoms with Crippen LogP contribution in [0, 0.1) is 0 Å². The Hall–Kier alpha value is -1.38. The highest BCUT2D eigenvalue weighted by Crippen LogP contribution is 2.24. The number of hydrogen-bond acceptors (Lipinski definition) is 5. The smallest absolute Gasteiger partial charge is 0.191 e. The van der Waals surface area contributed by atoms with E-state index in [0.717, 1.165) is 76.5 Å². The topological polar surface area (TPSA) is 61.4 Å². The Morgan fingerprint density at radius 3 is 2.63 bits per heavy atom. The molecule has 0 amide bonds. The van der Waals surface area contributed by atoms with Crippen LogP contribution in [0.1, 0.15) is 24.9 Å². The Labute approximate surface area is 186 Å². The second-order valence-electron chi connectivity index (χ2n) is 7.51. The Bertz CT molecular complexity index is 608. The van der Waals surface area contributed by atoms with Gasteiger partial charge in [-0.05, 0) is 38.1 Å². The predicted octanol–water partition coefficient (Wildman–Crippen LogP) is 2.24. The van der Waals surface area contributed by atoms with E-state index < -0.39 is 0 Å². The number of likely N-dealkylation sites (N-methyl/N-ethyl adjacent to an activating group) is 1. The molecule has 1 atom stereocenters. The van der Waals surface area contributed by atoms with Gasteiger partial charge in [-0.15, -0.1) is 0 Å². The molecule has 2 rings (SSSR count). The van der Waals surface area contributed by atoms with Crippen LogP contribution in [0.3, 0.4) is 0 Å². The number of aliphatic imine (C=N–C) groups is 1. The van der Waals surface area contributed by atoms with Crippen LogP contribution in [0.2, 0.25) is 5.02 Å². The molecule has 1 aromatic rings. The lowest BCUT2D eigenvalue weighted by atomic mass is 10.0. The number of morpholine rings is 1. The third-order valence-corrected chi connectivity index (χ3v) is 5.43. The van der Waals surface area contributed by atoms with E-state index in [0.29, 0.717) is 6.54 Å². The minimum absolute atomic E-state index is 0.207. The molecule has 1 fully saturated rings. The number of ether oxygens (including phenoxy) is 2. The summed E-state index contributed by atoms with van der Waals surface area (Å²) in [5, 5.41) is 7.58. The summed E-state index contributed by atoms with van der Waals surface area (Å²) in [6, 6.07) is 8.33. The standard InChI is InChI=1S/C22H38ClN5O2/c1-4-24-22(25-10-12-27(2)11-5-15-29-3)26-18-21(28-13-16-30-17-14-28)19-6-8-20(23)9-7-19/h6-9,21H,4-5,10-18H2,1-3H3,(H2,24,25,26). The summed E-state index contributed by atoms with van der Waals surface area (Å²) < 4.78 is 10.7. The zero-order valence-corrected chi connectivity index (χ0v) is 19.5. The fourth-order valence-electron chi connectivity index (χ4n) is 3.48. The lowest BCUT2D eigenvalue weighted by Gasteiger charge is -2.34. The number of nitrogens with one attached hydrogen (secondary N) is 2. The number of nitrogens with zero attached hydrogens (tertiary/aromatic N) is 3. The van der Waals surface area contributed by atoms with Crippen LogP contribution in [-0.4, -0.2) is 95.6 Å². The molecule has 30 heavy (non-hydrogen) atoms. The number of rotatable bonds is 12. The summed E-state index contributed by atoms with van der Waals surface area (Å²) in [6.45, 7) is 10.6. The zero-order valence-electron chi connectivity index (χ0n) is 18.7. The van der Waals surface area contributed by atoms with Gasteiger partial charge in [-0.3, -0.25) is 9.89 Å². The molecule has 2 N–H and O–H groups in total. The molecular weight excluding hydrogens is 402 g/mol. The maximum absolute atomic E-state index is 6.10. The van der Waals surface area contributed by atoms with E-state index in [2.05, 4.69) is 46.5 Å². The van der Waals surface area contributed by atoms with Gasteiger partial charge in [0, 0.05) is 58.0 Å². The quantitative estimate of drug-likeness (QED) is 0.296. The molecule has 8 heteroatoms. The molecule has 1 aliphatic rings. The van der Waals surface area contributed by atoms with Gasteiger partial charge in [0.15, 0.2) is 5.96 Å². The number of benzene rings is 1. The first-order valence-electron chi connectivity index (χ1n) is 10.9. The Morgan fingerprint density at radius 2 is 1.97 bits per heavy atom. The van der Waals surface area contributed by atoms with Crippen molar-refractivity contribution >= 4 is 17.6 Å². The highest BCUT2D eigenvalue weighted by atomic mass is 35.5. The molecular formula is C22H38ClN5O2. The van der Waals surface area contributed by atoms with E-state index in [1.165, 1.54) is 5.56 Å². The largest absolute Gasteiger partial charge is 0.385 e. The average molecular weight is 440 g/mol. The molecule has 1 heterocycles. The van der Waals surface area contributed by atoms with Gasteiger partial charge in [-0.25, -0.2) is 0 Å². The Balaban J connectivity index is 1.95. The molecule has 7 nitrogen and oxygen atoms in total. The van der Waals surface area contributed by atoms with E-state index in [4.69, 9.17) is 26.1 Å². The first-order chi connectivity index (χ1) is 14.6. The average Bonchev–Trinajstić information content (AvgIpc) is 2.76. The molecule has 0 radical (unpaired) electrons. The van der Waals surface area contributed by atoms with Gasteiger partial charge in [0.05, 0.1) is 25.8 Å². The van der Waals surface area contributed by atoms with Crippen LogP contribution >= 0.6 is 11.6 Å². The summed E-state index contributed by atoms with van der Waals surface area (Å²) in [6.07, 6.45) is 1.05. The van der Waals surface area contributed by atoms with Gasteiger partial charge >= 0.3 is 0 Å². The molecule has 0 aliphatic carbocycles. The van der Waals surface area contributed by atoms with Gasteiger partial charge in [-0.1, -0.05) is 23.7 Å². The molecule has 1 saturated heterocycles. The minimum Gasteiger partial charge on any atom is -0.385 e. The van der Waals surface area contributed by atoms with Gasteiger partial charge in [0.2, 0.25) is 0 Å². The molecule has 170 valence electrons. The summed E-state index contributed by atoms with van der Waals surface area (Å²) in [4.78, 5) is 9.65. The van der Waals surface area contributed by atoms with Crippen molar-refractivity contribution in [2.45, 2.75) is 19.4 Å². The van der Waals surface area contributed by atoms with Gasteiger partial charge in [-0.2, -0.15) is 0 Å². The molecule has 1 unspecified atom stereocenters. The maximum Gasteiger partial charge on any atom is 0.191 e. The highest BCUT2D eigenvalue weighted by molar-refractivity contribution is 6.30. The third kappa shape index (κ3) is 9.18. The van der Waals surface area contributed by atoms with Gasteiger partial charge in [0.1, 0.15) is 0 Å². The molecule has 1 aromatic carbocycles. The molecule has 0 saturated carbocycles. The number of hydrogen-bond donors (Lipinski definition) is 2. The summed E-state index contributed by atoms with van der Waals surface area (Å²) in [5.74, 6) is 0.856. The van der Waals surface area contributed by atoms with Crippen molar-refractivity contribution in [3.63, 3.8) is 0 Å². The summed E-state index contributed by atoms with van der Waals surface area (Å²) in [5.41, 5.74) is 1.23. The van der Waals surface area contributed by atoms with Crippen LogP contribution in [0.5, 0.6) is 0 Å². The van der Waals surface area contributed by atoms with Crippen LogP contribution in [-0.2, 0) is 9.47 Å².